The van der Waals surface area contributed by atoms with Crippen molar-refractivity contribution in [3.05, 3.63) is 85.8 Å². The Labute approximate surface area is 181 Å². The maximum atomic E-state index is 13.0. The lowest BCUT2D eigenvalue weighted by molar-refractivity contribution is -0.384. The van der Waals surface area contributed by atoms with E-state index in [0.717, 1.165) is 11.3 Å². The number of Topliss-reactive ketones (excluding diaryl/α,β-unsaturated/α-hetero) is 1. The number of carbonyl (C=O) groups is 3. The Bertz CT molecular complexity index is 1180. The Morgan fingerprint density at radius 3 is 2.10 bits per heavy atom. The summed E-state index contributed by atoms with van der Waals surface area (Å²) in [6.07, 6.45) is 0. The Morgan fingerprint density at radius 2 is 1.58 bits per heavy atom. The second kappa shape index (κ2) is 8.88. The second-order valence-corrected chi connectivity index (χ2v) is 7.65. The molecule has 1 heterocycles. The number of hydrogen-bond donors (Lipinski definition) is 1. The van der Waals surface area contributed by atoms with Crippen molar-refractivity contribution in [2.24, 2.45) is 0 Å². The monoisotopic (exact) mass is 438 g/mol. The number of non-ortho nitro benzene ring substituents is 1. The Balaban J connectivity index is 1.93. The largest absolute Gasteiger partial charge is 0.497 e. The number of amides is 1. The number of nitrogens with one attached hydrogen (secondary N) is 1. The van der Waals surface area contributed by atoms with Gasteiger partial charge >= 0.3 is 0 Å². The summed E-state index contributed by atoms with van der Waals surface area (Å²) in [4.78, 5) is 48.4. The van der Waals surface area contributed by atoms with Crippen molar-refractivity contribution < 1.29 is 24.0 Å². The average molecular weight is 438 g/mol. The minimum Gasteiger partial charge on any atom is -0.497 e. The summed E-state index contributed by atoms with van der Waals surface area (Å²) in [5, 5.41) is 13.7. The number of nitro benzene ring substituents is 1. The number of ether oxygens (including phenoxy) is 1. The maximum absolute atomic E-state index is 13.0. The molecule has 1 aromatic heterocycles. The first-order valence-electron chi connectivity index (χ1n) is 9.11. The summed E-state index contributed by atoms with van der Waals surface area (Å²) in [5.41, 5.74) is 1.22. The van der Waals surface area contributed by atoms with Crippen LogP contribution in [0.4, 0.5) is 10.7 Å². The zero-order valence-electron chi connectivity index (χ0n) is 16.9. The summed E-state index contributed by atoms with van der Waals surface area (Å²) in [7, 11) is 1.53. The second-order valence-electron chi connectivity index (χ2n) is 6.63. The van der Waals surface area contributed by atoms with Crippen LogP contribution >= 0.6 is 11.3 Å². The lowest BCUT2D eigenvalue weighted by atomic mass is 10.0. The van der Waals surface area contributed by atoms with E-state index >= 15 is 0 Å². The van der Waals surface area contributed by atoms with Crippen molar-refractivity contribution in [1.29, 1.82) is 0 Å². The van der Waals surface area contributed by atoms with Crippen molar-refractivity contribution in [3.8, 4) is 5.75 Å². The molecule has 0 radical (unpaired) electrons. The highest BCUT2D eigenvalue weighted by Gasteiger charge is 2.25. The van der Waals surface area contributed by atoms with E-state index in [9.17, 15) is 24.5 Å². The van der Waals surface area contributed by atoms with Gasteiger partial charge < -0.3 is 10.1 Å². The lowest BCUT2D eigenvalue weighted by Gasteiger charge is -2.05. The van der Waals surface area contributed by atoms with Gasteiger partial charge in [-0.05, 0) is 55.8 Å². The molecule has 3 aromatic rings. The third-order valence-electron chi connectivity index (χ3n) is 4.62. The molecule has 1 amide bonds. The lowest BCUT2D eigenvalue weighted by Crippen LogP contribution is -2.13. The zero-order chi connectivity index (χ0) is 22.7. The van der Waals surface area contributed by atoms with E-state index in [1.165, 1.54) is 38.3 Å². The Morgan fingerprint density at radius 1 is 1.00 bits per heavy atom. The first-order chi connectivity index (χ1) is 14.7. The third kappa shape index (κ3) is 4.51. The van der Waals surface area contributed by atoms with E-state index in [1.807, 2.05) is 0 Å². The summed E-state index contributed by atoms with van der Waals surface area (Å²) in [6.45, 7) is 3.02. The van der Waals surface area contributed by atoms with E-state index in [-0.39, 0.29) is 33.4 Å². The molecule has 0 fully saturated rings. The molecule has 0 saturated carbocycles. The predicted octanol–water partition coefficient (Wildman–Crippen LogP) is 4.66. The smallest absolute Gasteiger partial charge is 0.269 e. The molecular formula is C22H18N2O6S. The summed E-state index contributed by atoms with van der Waals surface area (Å²) >= 11 is 1.02. The van der Waals surface area contributed by atoms with Gasteiger partial charge in [0.25, 0.3) is 11.6 Å². The average Bonchev–Trinajstić information content (AvgIpc) is 3.09. The van der Waals surface area contributed by atoms with Crippen LogP contribution in [0.2, 0.25) is 0 Å². The molecule has 0 atom stereocenters. The van der Waals surface area contributed by atoms with E-state index in [0.29, 0.717) is 21.8 Å². The van der Waals surface area contributed by atoms with E-state index in [4.69, 9.17) is 4.74 Å². The van der Waals surface area contributed by atoms with Crippen LogP contribution in [0.3, 0.4) is 0 Å². The van der Waals surface area contributed by atoms with Gasteiger partial charge in [-0.25, -0.2) is 0 Å². The first-order valence-corrected chi connectivity index (χ1v) is 9.93. The molecule has 1 N–H and O–H groups in total. The van der Waals surface area contributed by atoms with Crippen LogP contribution < -0.4 is 10.1 Å². The molecule has 0 bridgehead atoms. The van der Waals surface area contributed by atoms with E-state index in [1.54, 1.807) is 31.2 Å². The number of anilines is 1. The molecule has 9 heteroatoms. The van der Waals surface area contributed by atoms with Gasteiger partial charge in [-0.1, -0.05) is 0 Å². The van der Waals surface area contributed by atoms with Crippen LogP contribution in [-0.4, -0.2) is 29.5 Å². The molecule has 0 spiro atoms. The fraction of sp³-hybridized carbons (Fsp3) is 0.136. The number of thiophene rings is 1. The minimum absolute atomic E-state index is 0.139. The van der Waals surface area contributed by atoms with Crippen molar-refractivity contribution in [1.82, 2.24) is 0 Å². The molecule has 0 aliphatic heterocycles. The van der Waals surface area contributed by atoms with Gasteiger partial charge in [0.15, 0.2) is 5.78 Å². The Kier molecular flexibility index (Phi) is 6.26. The molecule has 0 saturated heterocycles. The summed E-state index contributed by atoms with van der Waals surface area (Å²) in [5.74, 6) is -0.493. The van der Waals surface area contributed by atoms with Gasteiger partial charge in [0.2, 0.25) is 5.78 Å². The quantitative estimate of drug-likeness (QED) is 0.326. The van der Waals surface area contributed by atoms with Crippen LogP contribution in [0.5, 0.6) is 5.75 Å². The van der Waals surface area contributed by atoms with Crippen molar-refractivity contribution in [3.63, 3.8) is 0 Å². The normalized spacial score (nSPS) is 10.4. The molecule has 158 valence electrons. The maximum Gasteiger partial charge on any atom is 0.269 e. The fourth-order valence-electron chi connectivity index (χ4n) is 3.03. The highest BCUT2D eigenvalue weighted by Crippen LogP contribution is 2.35. The third-order valence-corrected chi connectivity index (χ3v) is 5.83. The first kappa shape index (κ1) is 21.8. The number of methoxy groups -OCH3 is 1. The number of rotatable bonds is 7. The van der Waals surface area contributed by atoms with Crippen molar-refractivity contribution >= 4 is 39.5 Å². The van der Waals surface area contributed by atoms with Gasteiger partial charge in [0.1, 0.15) is 10.8 Å². The highest BCUT2D eigenvalue weighted by atomic mass is 32.1. The minimum atomic E-state index is -0.560. The number of benzene rings is 2. The summed E-state index contributed by atoms with van der Waals surface area (Å²) in [6, 6.07) is 11.7. The summed E-state index contributed by atoms with van der Waals surface area (Å²) < 4.78 is 5.10. The topological polar surface area (TPSA) is 116 Å². The molecule has 0 aliphatic carbocycles. The zero-order valence-corrected chi connectivity index (χ0v) is 17.7. The number of nitro groups is 1. The molecular weight excluding hydrogens is 420 g/mol. The number of hydrogen-bond acceptors (Lipinski definition) is 7. The van der Waals surface area contributed by atoms with Crippen LogP contribution in [-0.2, 0) is 0 Å². The van der Waals surface area contributed by atoms with Gasteiger partial charge in [-0.3, -0.25) is 24.5 Å². The van der Waals surface area contributed by atoms with Gasteiger partial charge in [0, 0.05) is 23.3 Å². The number of nitrogens with zero attached hydrogens (tertiary/aromatic N) is 1. The van der Waals surface area contributed by atoms with Gasteiger partial charge in [0.05, 0.1) is 22.5 Å². The molecule has 31 heavy (non-hydrogen) atoms. The molecule has 8 nitrogen and oxygen atoms in total. The molecule has 2 aromatic carbocycles. The molecule has 3 rings (SSSR count). The van der Waals surface area contributed by atoms with Crippen molar-refractivity contribution in [2.75, 3.05) is 12.4 Å². The standard InChI is InChI=1S/C22H18N2O6S/c1-12-18(13(2)25)22(23-21(27)15-4-8-16(9-5-15)24(28)29)31-20(12)19(26)14-6-10-17(30-3)11-7-14/h4-11H,1-3H3,(H,23,27). The van der Waals surface area contributed by atoms with E-state index < -0.39 is 10.8 Å². The van der Waals surface area contributed by atoms with Crippen LogP contribution in [0.15, 0.2) is 48.5 Å². The van der Waals surface area contributed by atoms with Crippen LogP contribution in [0, 0.1) is 17.0 Å². The van der Waals surface area contributed by atoms with Gasteiger partial charge in [-0.15, -0.1) is 11.3 Å². The van der Waals surface area contributed by atoms with E-state index in [2.05, 4.69) is 5.32 Å². The predicted molar refractivity (Wildman–Crippen MR) is 117 cm³/mol. The van der Waals surface area contributed by atoms with Crippen LogP contribution in [0.1, 0.15) is 48.4 Å². The SMILES string of the molecule is COc1ccc(C(=O)c2sc(NC(=O)c3ccc([N+](=O)[O-])cc3)c(C(C)=O)c2C)cc1. The molecule has 0 unspecified atom stereocenters. The highest BCUT2D eigenvalue weighted by molar-refractivity contribution is 7.19. The fourth-order valence-corrected chi connectivity index (χ4v) is 4.24. The Hall–Kier alpha value is -3.85. The van der Waals surface area contributed by atoms with Gasteiger partial charge in [-0.2, -0.15) is 0 Å². The van der Waals surface area contributed by atoms with Crippen molar-refractivity contribution in [2.45, 2.75) is 13.8 Å². The number of ketones is 2. The van der Waals surface area contributed by atoms with Crippen LogP contribution in [0.25, 0.3) is 0 Å². The molecule has 0 aliphatic rings. The number of carbonyl (C=O) groups excluding carboxylic acids is 3.